The number of rotatable bonds is 5. The summed E-state index contributed by atoms with van der Waals surface area (Å²) in [7, 11) is 0. The highest BCUT2D eigenvalue weighted by molar-refractivity contribution is 7.13. The molecule has 0 fully saturated rings. The van der Waals surface area contributed by atoms with Crippen LogP contribution in [0, 0.1) is 13.8 Å². The van der Waals surface area contributed by atoms with Gasteiger partial charge in [0.25, 0.3) is 5.91 Å². The van der Waals surface area contributed by atoms with Crippen LogP contribution in [-0.2, 0) is 9.53 Å². The molecule has 3 rings (SSSR count). The molecule has 0 saturated carbocycles. The maximum Gasteiger partial charge on any atom is 0.358 e. The normalized spacial score (nSPS) is 10.5. The topological polar surface area (TPSA) is 68.3 Å². The summed E-state index contributed by atoms with van der Waals surface area (Å²) in [6.45, 7) is 3.40. The van der Waals surface area contributed by atoms with Crippen LogP contribution in [0.25, 0.3) is 10.6 Å². The average molecular weight is 401 g/mol. The van der Waals surface area contributed by atoms with Gasteiger partial charge in [-0.3, -0.25) is 4.79 Å². The highest BCUT2D eigenvalue weighted by Gasteiger charge is 2.15. The smallest absolute Gasteiger partial charge is 0.358 e. The summed E-state index contributed by atoms with van der Waals surface area (Å²) in [5, 5.41) is 5.57. The van der Waals surface area contributed by atoms with Crippen molar-refractivity contribution in [2.45, 2.75) is 13.8 Å². The molecule has 1 heterocycles. The van der Waals surface area contributed by atoms with Crippen molar-refractivity contribution in [3.63, 3.8) is 0 Å². The highest BCUT2D eigenvalue weighted by atomic mass is 35.5. The van der Waals surface area contributed by atoms with Gasteiger partial charge in [-0.05, 0) is 31.5 Å². The molecule has 5 nitrogen and oxygen atoms in total. The maximum absolute atomic E-state index is 12.1. The molecule has 0 unspecified atom stereocenters. The van der Waals surface area contributed by atoms with Crippen molar-refractivity contribution in [3.8, 4) is 10.6 Å². The third-order valence-corrected chi connectivity index (χ3v) is 5.19. The number of hydrogen-bond donors (Lipinski definition) is 1. The Balaban J connectivity index is 1.58. The van der Waals surface area contributed by atoms with Gasteiger partial charge in [-0.15, -0.1) is 11.3 Å². The number of carbonyl (C=O) groups is 2. The van der Waals surface area contributed by atoms with Gasteiger partial charge in [0.2, 0.25) is 0 Å². The fourth-order valence-electron chi connectivity index (χ4n) is 2.33. The van der Waals surface area contributed by atoms with Crippen molar-refractivity contribution in [3.05, 3.63) is 69.7 Å². The van der Waals surface area contributed by atoms with E-state index in [9.17, 15) is 9.59 Å². The summed E-state index contributed by atoms with van der Waals surface area (Å²) in [4.78, 5) is 28.5. The fraction of sp³-hybridized carbons (Fsp3) is 0.150. The standard InChI is InChI=1S/C20H17ClN2O3S/c1-12-6-8-14(9-7-12)19-23-17(11-27-19)20(25)26-10-18(24)22-16-5-3-4-15(21)13(16)2/h3-9,11H,10H2,1-2H3,(H,22,24). The van der Waals surface area contributed by atoms with Gasteiger partial charge in [0.1, 0.15) is 5.01 Å². The fourth-order valence-corrected chi connectivity index (χ4v) is 3.30. The zero-order valence-corrected chi connectivity index (χ0v) is 16.4. The van der Waals surface area contributed by atoms with Crippen LogP contribution in [0.2, 0.25) is 5.02 Å². The first-order valence-corrected chi connectivity index (χ1v) is 9.44. The van der Waals surface area contributed by atoms with E-state index in [0.717, 1.165) is 21.7 Å². The summed E-state index contributed by atoms with van der Waals surface area (Å²) in [6, 6.07) is 13.1. The Morgan fingerprint density at radius 2 is 1.89 bits per heavy atom. The Bertz CT molecular complexity index is 983. The van der Waals surface area contributed by atoms with Crippen LogP contribution in [0.15, 0.2) is 47.8 Å². The van der Waals surface area contributed by atoms with Gasteiger partial charge in [-0.2, -0.15) is 0 Å². The number of amides is 1. The molecule has 0 bridgehead atoms. The molecule has 0 aliphatic heterocycles. The number of hydrogen-bond acceptors (Lipinski definition) is 5. The third-order valence-electron chi connectivity index (χ3n) is 3.89. The monoisotopic (exact) mass is 400 g/mol. The summed E-state index contributed by atoms with van der Waals surface area (Å²) in [6.07, 6.45) is 0. The van der Waals surface area contributed by atoms with Crippen molar-refractivity contribution in [2.75, 3.05) is 11.9 Å². The van der Waals surface area contributed by atoms with E-state index in [-0.39, 0.29) is 5.69 Å². The van der Waals surface area contributed by atoms with Crippen LogP contribution >= 0.6 is 22.9 Å². The van der Waals surface area contributed by atoms with E-state index in [2.05, 4.69) is 10.3 Å². The second kappa shape index (κ2) is 8.33. The Kier molecular flexibility index (Phi) is 5.88. The Morgan fingerprint density at radius 1 is 1.15 bits per heavy atom. The number of ether oxygens (including phenoxy) is 1. The number of thiazole rings is 1. The van der Waals surface area contributed by atoms with E-state index >= 15 is 0 Å². The van der Waals surface area contributed by atoms with E-state index < -0.39 is 18.5 Å². The summed E-state index contributed by atoms with van der Waals surface area (Å²) < 4.78 is 5.06. The van der Waals surface area contributed by atoms with Crippen LogP contribution in [-0.4, -0.2) is 23.5 Å². The van der Waals surface area contributed by atoms with Crippen LogP contribution in [0.1, 0.15) is 21.6 Å². The molecule has 27 heavy (non-hydrogen) atoms. The Labute approximate surface area is 166 Å². The van der Waals surface area contributed by atoms with E-state index in [0.29, 0.717) is 10.7 Å². The number of aromatic nitrogens is 1. The van der Waals surface area contributed by atoms with E-state index in [1.54, 1.807) is 30.5 Å². The predicted octanol–water partition coefficient (Wildman–Crippen LogP) is 4.88. The van der Waals surface area contributed by atoms with Crippen molar-refractivity contribution in [1.29, 1.82) is 0 Å². The van der Waals surface area contributed by atoms with Gasteiger partial charge in [0.15, 0.2) is 12.3 Å². The second-order valence-corrected chi connectivity index (χ2v) is 7.21. The van der Waals surface area contributed by atoms with Crippen LogP contribution in [0.5, 0.6) is 0 Å². The number of benzene rings is 2. The molecule has 0 aliphatic carbocycles. The molecule has 1 aromatic heterocycles. The lowest BCUT2D eigenvalue weighted by Gasteiger charge is -2.09. The molecule has 2 aromatic carbocycles. The average Bonchev–Trinajstić information content (AvgIpc) is 3.14. The highest BCUT2D eigenvalue weighted by Crippen LogP contribution is 2.25. The molecular weight excluding hydrogens is 384 g/mol. The van der Waals surface area contributed by atoms with E-state index in [1.165, 1.54) is 11.3 Å². The van der Waals surface area contributed by atoms with E-state index in [1.807, 2.05) is 31.2 Å². The first kappa shape index (κ1) is 19.1. The van der Waals surface area contributed by atoms with Gasteiger partial charge in [0, 0.05) is 21.7 Å². The SMILES string of the molecule is Cc1ccc(-c2nc(C(=O)OCC(=O)Nc3cccc(Cl)c3C)cs2)cc1. The van der Waals surface area contributed by atoms with E-state index in [4.69, 9.17) is 16.3 Å². The predicted molar refractivity (Wildman–Crippen MR) is 107 cm³/mol. The van der Waals surface area contributed by atoms with Gasteiger partial charge in [0.05, 0.1) is 0 Å². The lowest BCUT2D eigenvalue weighted by atomic mass is 10.2. The molecule has 3 aromatic rings. The Morgan fingerprint density at radius 3 is 2.63 bits per heavy atom. The molecule has 138 valence electrons. The number of aryl methyl sites for hydroxylation is 1. The molecular formula is C20H17ClN2O3S. The van der Waals surface area contributed by atoms with Gasteiger partial charge < -0.3 is 10.1 Å². The molecule has 7 heteroatoms. The van der Waals surface area contributed by atoms with Gasteiger partial charge in [-0.25, -0.2) is 9.78 Å². The first-order valence-electron chi connectivity index (χ1n) is 8.18. The van der Waals surface area contributed by atoms with Gasteiger partial charge in [-0.1, -0.05) is 47.5 Å². The molecule has 0 aliphatic rings. The minimum absolute atomic E-state index is 0.183. The number of halogens is 1. The summed E-state index contributed by atoms with van der Waals surface area (Å²) in [5.41, 5.74) is 3.59. The number of esters is 1. The molecule has 0 spiro atoms. The number of nitrogens with one attached hydrogen (secondary N) is 1. The number of carbonyl (C=O) groups excluding carboxylic acids is 2. The molecule has 0 atom stereocenters. The van der Waals surface area contributed by atoms with Crippen molar-refractivity contribution < 1.29 is 14.3 Å². The van der Waals surface area contributed by atoms with Crippen molar-refractivity contribution in [2.24, 2.45) is 0 Å². The van der Waals surface area contributed by atoms with Crippen LogP contribution < -0.4 is 5.32 Å². The van der Waals surface area contributed by atoms with Crippen LogP contribution in [0.4, 0.5) is 5.69 Å². The maximum atomic E-state index is 12.1. The Hall–Kier alpha value is -2.70. The van der Waals surface area contributed by atoms with Crippen molar-refractivity contribution in [1.82, 2.24) is 4.98 Å². The molecule has 1 N–H and O–H groups in total. The quantitative estimate of drug-likeness (QED) is 0.620. The summed E-state index contributed by atoms with van der Waals surface area (Å²) in [5.74, 6) is -1.08. The molecule has 0 radical (unpaired) electrons. The number of nitrogens with zero attached hydrogens (tertiary/aromatic N) is 1. The molecule has 1 amide bonds. The van der Waals surface area contributed by atoms with Gasteiger partial charge >= 0.3 is 5.97 Å². The lowest BCUT2D eigenvalue weighted by molar-refractivity contribution is -0.119. The largest absolute Gasteiger partial charge is 0.451 e. The zero-order chi connectivity index (χ0) is 19.4. The summed E-state index contributed by atoms with van der Waals surface area (Å²) >= 11 is 7.37. The third kappa shape index (κ3) is 4.72. The minimum Gasteiger partial charge on any atom is -0.451 e. The minimum atomic E-state index is -0.637. The van der Waals surface area contributed by atoms with Crippen molar-refractivity contribution >= 4 is 40.5 Å². The second-order valence-electron chi connectivity index (χ2n) is 5.94. The zero-order valence-electron chi connectivity index (χ0n) is 14.8. The molecule has 0 saturated heterocycles. The lowest BCUT2D eigenvalue weighted by Crippen LogP contribution is -2.21. The first-order chi connectivity index (χ1) is 12.9. The number of anilines is 1. The van der Waals surface area contributed by atoms with Crippen LogP contribution in [0.3, 0.4) is 0 Å².